The first-order valence-electron chi connectivity index (χ1n) is 11.1. The highest BCUT2D eigenvalue weighted by molar-refractivity contribution is 6.33. The Bertz CT molecular complexity index is 1260. The number of ether oxygens (including phenoxy) is 1. The average Bonchev–Trinajstić information content (AvgIpc) is 3.16. The number of carboxylic acids is 1. The monoisotopic (exact) mass is 465 g/mol. The molecule has 0 radical (unpaired) electrons. The Balaban J connectivity index is 1.32. The van der Waals surface area contributed by atoms with Gasteiger partial charge in [-0.25, -0.2) is 4.98 Å². The SMILES string of the molecule is CC(=O)C1CC=C(c2ccc(-c3nc4nc(O[C@H]5C[C@@H](C(=O)O)C5)[nH]c4cc3Cl)cc2)CC1. The van der Waals surface area contributed by atoms with E-state index in [0.717, 1.165) is 30.4 Å². The number of H-pyrrole nitrogens is 1. The molecule has 0 bridgehead atoms. The van der Waals surface area contributed by atoms with E-state index < -0.39 is 5.97 Å². The fourth-order valence-corrected chi connectivity index (χ4v) is 4.74. The number of fused-ring (bicyclic) bond motifs is 1. The van der Waals surface area contributed by atoms with Crippen molar-refractivity contribution in [2.24, 2.45) is 11.8 Å². The Morgan fingerprint density at radius 3 is 2.48 bits per heavy atom. The second kappa shape index (κ2) is 8.63. The number of Topliss-reactive ketones (excluding diaryl/α,β-unsaturated/α-hetero) is 1. The van der Waals surface area contributed by atoms with Crippen LogP contribution in [0.2, 0.25) is 5.02 Å². The summed E-state index contributed by atoms with van der Waals surface area (Å²) in [5.74, 6) is -0.723. The number of hydrogen-bond donors (Lipinski definition) is 2. The molecule has 0 aliphatic heterocycles. The third-order valence-electron chi connectivity index (χ3n) is 6.64. The molecule has 1 aromatic carbocycles. The van der Waals surface area contributed by atoms with Crippen molar-refractivity contribution in [3.8, 4) is 17.3 Å². The minimum atomic E-state index is -0.788. The summed E-state index contributed by atoms with van der Waals surface area (Å²) < 4.78 is 5.77. The van der Waals surface area contributed by atoms with Crippen LogP contribution in [0.25, 0.3) is 28.0 Å². The van der Waals surface area contributed by atoms with Gasteiger partial charge in [0, 0.05) is 11.5 Å². The van der Waals surface area contributed by atoms with E-state index in [4.69, 9.17) is 21.4 Å². The van der Waals surface area contributed by atoms with Crippen LogP contribution in [0, 0.1) is 11.8 Å². The van der Waals surface area contributed by atoms with Gasteiger partial charge in [-0.15, -0.1) is 0 Å². The maximum atomic E-state index is 11.6. The minimum absolute atomic E-state index is 0.147. The normalized spacial score (nSPS) is 22.5. The Morgan fingerprint density at radius 2 is 1.85 bits per heavy atom. The number of ketones is 1. The first-order valence-corrected chi connectivity index (χ1v) is 11.5. The lowest BCUT2D eigenvalue weighted by Crippen LogP contribution is -2.38. The Morgan fingerprint density at radius 1 is 1.12 bits per heavy atom. The zero-order valence-corrected chi connectivity index (χ0v) is 18.9. The van der Waals surface area contributed by atoms with Crippen molar-refractivity contribution < 1.29 is 19.4 Å². The Labute approximate surface area is 195 Å². The number of aromatic amines is 1. The van der Waals surface area contributed by atoms with Crippen LogP contribution in [0.3, 0.4) is 0 Å². The van der Waals surface area contributed by atoms with E-state index in [2.05, 4.69) is 33.2 Å². The number of hydrogen-bond acceptors (Lipinski definition) is 5. The summed E-state index contributed by atoms with van der Waals surface area (Å²) in [6, 6.07) is 10.2. The average molecular weight is 466 g/mol. The summed E-state index contributed by atoms with van der Waals surface area (Å²) in [6.07, 6.45) is 5.57. The second-order valence-corrected chi connectivity index (χ2v) is 9.27. The van der Waals surface area contributed by atoms with Crippen LogP contribution in [0.1, 0.15) is 44.6 Å². The summed E-state index contributed by atoms with van der Waals surface area (Å²) in [5, 5.41) is 9.50. The Hall–Kier alpha value is -3.19. The van der Waals surface area contributed by atoms with Crippen molar-refractivity contribution in [3.63, 3.8) is 0 Å². The van der Waals surface area contributed by atoms with E-state index in [0.29, 0.717) is 40.7 Å². The molecule has 2 aromatic heterocycles. The maximum absolute atomic E-state index is 11.6. The highest BCUT2D eigenvalue weighted by atomic mass is 35.5. The number of benzene rings is 1. The zero-order chi connectivity index (χ0) is 23.1. The Kier molecular flexibility index (Phi) is 5.66. The topological polar surface area (TPSA) is 105 Å². The van der Waals surface area contributed by atoms with Crippen LogP contribution in [-0.2, 0) is 9.59 Å². The fraction of sp³-hybridized carbons (Fsp3) is 0.360. The number of carbonyl (C=O) groups excluding carboxylic acids is 1. The van der Waals surface area contributed by atoms with E-state index in [-0.39, 0.29) is 23.7 Å². The van der Waals surface area contributed by atoms with Crippen molar-refractivity contribution in [3.05, 3.63) is 47.0 Å². The number of nitrogens with one attached hydrogen (secondary N) is 1. The quantitative estimate of drug-likeness (QED) is 0.512. The third-order valence-corrected chi connectivity index (χ3v) is 6.93. The second-order valence-electron chi connectivity index (χ2n) is 8.87. The number of carbonyl (C=O) groups is 2. The smallest absolute Gasteiger partial charge is 0.306 e. The molecule has 1 fully saturated rings. The van der Waals surface area contributed by atoms with Gasteiger partial charge in [-0.05, 0) is 56.2 Å². The van der Waals surface area contributed by atoms with Gasteiger partial charge in [0.1, 0.15) is 11.9 Å². The molecule has 3 aromatic rings. The van der Waals surface area contributed by atoms with Crippen LogP contribution >= 0.6 is 11.6 Å². The zero-order valence-electron chi connectivity index (χ0n) is 18.2. The number of pyridine rings is 1. The highest BCUT2D eigenvalue weighted by Crippen LogP contribution is 2.35. The van der Waals surface area contributed by atoms with Crippen molar-refractivity contribution in [1.29, 1.82) is 0 Å². The largest absolute Gasteiger partial charge is 0.481 e. The van der Waals surface area contributed by atoms with Gasteiger partial charge in [0.2, 0.25) is 0 Å². The molecule has 5 rings (SSSR count). The number of carboxylic acid groups (broad SMARTS) is 1. The molecule has 8 heteroatoms. The number of rotatable bonds is 6. The van der Waals surface area contributed by atoms with Crippen LogP contribution in [0.15, 0.2) is 36.4 Å². The summed E-state index contributed by atoms with van der Waals surface area (Å²) in [7, 11) is 0. The molecule has 2 N–H and O–H groups in total. The van der Waals surface area contributed by atoms with Gasteiger partial charge in [0.15, 0.2) is 5.65 Å². The van der Waals surface area contributed by atoms with Crippen LogP contribution in [0.5, 0.6) is 6.01 Å². The number of aromatic nitrogens is 3. The first-order chi connectivity index (χ1) is 15.9. The fourth-order valence-electron chi connectivity index (χ4n) is 4.48. The third kappa shape index (κ3) is 4.37. The lowest BCUT2D eigenvalue weighted by molar-refractivity contribution is -0.148. The first kappa shape index (κ1) is 21.6. The number of nitrogens with zero attached hydrogens (tertiary/aromatic N) is 2. The molecular weight excluding hydrogens is 442 g/mol. The molecule has 33 heavy (non-hydrogen) atoms. The number of allylic oxidation sites excluding steroid dienone is 2. The van der Waals surface area contributed by atoms with Crippen molar-refractivity contribution in [2.75, 3.05) is 0 Å². The summed E-state index contributed by atoms with van der Waals surface area (Å²) in [6.45, 7) is 1.67. The van der Waals surface area contributed by atoms with E-state index in [9.17, 15) is 9.59 Å². The van der Waals surface area contributed by atoms with E-state index in [1.807, 2.05) is 12.1 Å². The van der Waals surface area contributed by atoms with Crippen molar-refractivity contribution >= 4 is 40.1 Å². The predicted molar refractivity (Wildman–Crippen MR) is 125 cm³/mol. The highest BCUT2D eigenvalue weighted by Gasteiger charge is 2.36. The molecule has 2 aliphatic carbocycles. The van der Waals surface area contributed by atoms with Crippen LogP contribution in [-0.4, -0.2) is 37.9 Å². The number of imidazole rings is 1. The van der Waals surface area contributed by atoms with Crippen molar-refractivity contribution in [2.45, 2.75) is 45.1 Å². The summed E-state index contributed by atoms with van der Waals surface area (Å²) in [4.78, 5) is 34.7. The van der Waals surface area contributed by atoms with Gasteiger partial charge in [-0.3, -0.25) is 9.59 Å². The minimum Gasteiger partial charge on any atom is -0.481 e. The molecule has 0 saturated heterocycles. The van der Waals surface area contributed by atoms with Crippen LogP contribution < -0.4 is 4.74 Å². The molecule has 1 unspecified atom stereocenters. The standard InChI is InChI=1S/C25H24ClN3O4/c1-13(30)14-2-4-15(5-3-14)16-6-8-17(9-7-16)22-20(26)12-21-23(28-22)29-25(27-21)33-19-10-18(11-19)24(31)32/h4,6-9,12,14,18-19H,2-3,5,10-11H2,1H3,(H,31,32)(H,27,28,29)/t14?,18-,19+. The molecule has 1 atom stereocenters. The molecule has 7 nitrogen and oxygen atoms in total. The van der Waals surface area contributed by atoms with E-state index >= 15 is 0 Å². The molecule has 1 saturated carbocycles. The number of aliphatic carboxylic acids is 1. The van der Waals surface area contributed by atoms with E-state index in [1.165, 1.54) is 5.57 Å². The van der Waals surface area contributed by atoms with Gasteiger partial charge in [-0.2, -0.15) is 4.98 Å². The molecule has 0 spiro atoms. The van der Waals surface area contributed by atoms with Gasteiger partial charge in [0.05, 0.1) is 22.2 Å². The van der Waals surface area contributed by atoms with Gasteiger partial charge < -0.3 is 14.8 Å². The lowest BCUT2D eigenvalue weighted by atomic mass is 9.82. The lowest BCUT2D eigenvalue weighted by Gasteiger charge is -2.31. The van der Waals surface area contributed by atoms with Crippen LogP contribution in [0.4, 0.5) is 0 Å². The van der Waals surface area contributed by atoms with E-state index in [1.54, 1.807) is 13.0 Å². The predicted octanol–water partition coefficient (Wildman–Crippen LogP) is 5.29. The molecule has 170 valence electrons. The van der Waals surface area contributed by atoms with Gasteiger partial charge >= 0.3 is 5.97 Å². The summed E-state index contributed by atoms with van der Waals surface area (Å²) >= 11 is 6.52. The molecule has 0 amide bonds. The maximum Gasteiger partial charge on any atom is 0.306 e. The van der Waals surface area contributed by atoms with Gasteiger partial charge in [-0.1, -0.05) is 41.9 Å². The summed E-state index contributed by atoms with van der Waals surface area (Å²) in [5.41, 5.74) is 5.09. The van der Waals surface area contributed by atoms with Crippen molar-refractivity contribution in [1.82, 2.24) is 15.0 Å². The molecule has 2 heterocycles. The number of halogens is 1. The molecular formula is C25H24ClN3O4. The van der Waals surface area contributed by atoms with Gasteiger partial charge in [0.25, 0.3) is 6.01 Å². The molecule has 2 aliphatic rings.